The number of H-pyrrole nitrogens is 1. The molecular formula is C30H38N6O. The van der Waals surface area contributed by atoms with Crippen LogP contribution in [-0.4, -0.2) is 29.8 Å². The van der Waals surface area contributed by atoms with E-state index in [1.807, 2.05) is 22.8 Å². The van der Waals surface area contributed by atoms with Gasteiger partial charge in [0.05, 0.1) is 6.54 Å². The molecular weight excluding hydrogens is 460 g/mol. The molecule has 4 aromatic rings. The van der Waals surface area contributed by atoms with Crippen molar-refractivity contribution in [3.63, 3.8) is 0 Å². The number of hydrogen-bond donors (Lipinski definition) is 1. The third-order valence-corrected chi connectivity index (χ3v) is 7.85. The summed E-state index contributed by atoms with van der Waals surface area (Å²) in [5.74, 6) is 1.80. The highest BCUT2D eigenvalue weighted by atomic mass is 16.1. The molecule has 0 bridgehead atoms. The second-order valence-electron chi connectivity index (χ2n) is 10.9. The third-order valence-electron chi connectivity index (χ3n) is 7.85. The van der Waals surface area contributed by atoms with Crippen LogP contribution >= 0.6 is 0 Å². The summed E-state index contributed by atoms with van der Waals surface area (Å²) >= 11 is 0. The van der Waals surface area contributed by atoms with E-state index in [9.17, 15) is 4.79 Å². The van der Waals surface area contributed by atoms with Gasteiger partial charge in [-0.05, 0) is 66.3 Å². The van der Waals surface area contributed by atoms with Crippen molar-refractivity contribution in [3.8, 4) is 22.5 Å². The van der Waals surface area contributed by atoms with Gasteiger partial charge in [0.1, 0.15) is 0 Å². The van der Waals surface area contributed by atoms with E-state index in [2.05, 4.69) is 76.3 Å². The highest BCUT2D eigenvalue weighted by molar-refractivity contribution is 5.80. The summed E-state index contributed by atoms with van der Waals surface area (Å²) in [4.78, 5) is 13.7. The number of imidazole rings is 1. The second-order valence-corrected chi connectivity index (χ2v) is 10.9. The van der Waals surface area contributed by atoms with E-state index in [0.29, 0.717) is 24.2 Å². The Balaban J connectivity index is 1.43. The first-order valence-corrected chi connectivity index (χ1v) is 13.7. The van der Waals surface area contributed by atoms with Crippen LogP contribution in [-0.2, 0) is 19.5 Å². The van der Waals surface area contributed by atoms with E-state index in [-0.39, 0.29) is 5.69 Å². The predicted molar refractivity (Wildman–Crippen MR) is 147 cm³/mol. The minimum absolute atomic E-state index is 0.147. The largest absolute Gasteiger partial charge is 0.328 e. The van der Waals surface area contributed by atoms with Gasteiger partial charge in [0, 0.05) is 23.5 Å². The molecule has 2 aromatic carbocycles. The van der Waals surface area contributed by atoms with Gasteiger partial charge in [-0.1, -0.05) is 81.6 Å². The quantitative estimate of drug-likeness (QED) is 0.306. The number of benzene rings is 2. The summed E-state index contributed by atoms with van der Waals surface area (Å²) in [5, 5.41) is 14.6. The third kappa shape index (κ3) is 5.60. The van der Waals surface area contributed by atoms with Crippen LogP contribution in [0, 0.1) is 18.8 Å². The fourth-order valence-electron chi connectivity index (χ4n) is 5.68. The summed E-state index contributed by atoms with van der Waals surface area (Å²) in [6, 6.07) is 16.6. The van der Waals surface area contributed by atoms with Crippen LogP contribution in [0.1, 0.15) is 69.3 Å². The van der Waals surface area contributed by atoms with Crippen LogP contribution in [0.4, 0.5) is 0 Å². The SMILES string of the molecule is Cc1c(CCC(C)C)n(Cc2ccc(-c3ccccc3-c3nn[nH]n3)cc2)c(=O)n1CC1CCCCC1. The van der Waals surface area contributed by atoms with E-state index < -0.39 is 0 Å². The molecule has 1 aliphatic carbocycles. The number of tetrazole rings is 1. The number of nitrogens with one attached hydrogen (secondary N) is 1. The molecule has 1 fully saturated rings. The molecule has 1 aliphatic rings. The van der Waals surface area contributed by atoms with E-state index in [1.54, 1.807) is 0 Å². The fourth-order valence-corrected chi connectivity index (χ4v) is 5.68. The van der Waals surface area contributed by atoms with E-state index >= 15 is 0 Å². The van der Waals surface area contributed by atoms with Crippen LogP contribution in [0.15, 0.2) is 53.3 Å². The lowest BCUT2D eigenvalue weighted by Gasteiger charge is -2.22. The number of aromatic nitrogens is 6. The van der Waals surface area contributed by atoms with Crippen molar-refractivity contribution >= 4 is 0 Å². The van der Waals surface area contributed by atoms with Crippen molar-refractivity contribution in [2.45, 2.75) is 78.8 Å². The molecule has 0 amide bonds. The van der Waals surface area contributed by atoms with Crippen molar-refractivity contribution in [2.75, 3.05) is 0 Å². The molecule has 0 unspecified atom stereocenters. The maximum atomic E-state index is 13.7. The van der Waals surface area contributed by atoms with Crippen molar-refractivity contribution in [1.29, 1.82) is 0 Å². The van der Waals surface area contributed by atoms with Crippen LogP contribution in [0.3, 0.4) is 0 Å². The zero-order valence-electron chi connectivity index (χ0n) is 22.3. The Kier molecular flexibility index (Phi) is 7.68. The average molecular weight is 499 g/mol. The Bertz CT molecular complexity index is 1360. The van der Waals surface area contributed by atoms with Crippen molar-refractivity contribution in [1.82, 2.24) is 29.8 Å². The molecule has 0 spiro atoms. The monoisotopic (exact) mass is 498 g/mol. The normalized spacial score (nSPS) is 14.5. The van der Waals surface area contributed by atoms with E-state index in [0.717, 1.165) is 47.3 Å². The van der Waals surface area contributed by atoms with Crippen molar-refractivity contribution < 1.29 is 0 Å². The van der Waals surface area contributed by atoms with Crippen molar-refractivity contribution in [3.05, 3.63) is 76.0 Å². The number of hydrogen-bond acceptors (Lipinski definition) is 4. The highest BCUT2D eigenvalue weighted by Crippen LogP contribution is 2.30. The number of rotatable bonds is 9. The van der Waals surface area contributed by atoms with Crippen LogP contribution in [0.2, 0.25) is 0 Å². The van der Waals surface area contributed by atoms with Crippen LogP contribution in [0.5, 0.6) is 0 Å². The Hall–Kier alpha value is -3.48. The van der Waals surface area contributed by atoms with Crippen molar-refractivity contribution in [2.24, 2.45) is 11.8 Å². The number of nitrogens with zero attached hydrogens (tertiary/aromatic N) is 5. The molecule has 37 heavy (non-hydrogen) atoms. The molecule has 0 radical (unpaired) electrons. The lowest BCUT2D eigenvalue weighted by Crippen LogP contribution is -2.28. The lowest BCUT2D eigenvalue weighted by molar-refractivity contribution is 0.313. The molecule has 0 atom stereocenters. The van der Waals surface area contributed by atoms with Crippen LogP contribution < -0.4 is 5.69 Å². The molecule has 194 valence electrons. The first kappa shape index (κ1) is 25.2. The average Bonchev–Trinajstić information content (AvgIpc) is 3.53. The molecule has 2 aromatic heterocycles. The van der Waals surface area contributed by atoms with Gasteiger partial charge >= 0.3 is 5.69 Å². The fraction of sp³-hybridized carbons (Fsp3) is 0.467. The Morgan fingerprint density at radius 2 is 1.70 bits per heavy atom. The molecule has 1 N–H and O–H groups in total. The van der Waals surface area contributed by atoms with Gasteiger partial charge in [0.2, 0.25) is 5.82 Å². The smallest absolute Gasteiger partial charge is 0.296 e. The molecule has 1 saturated carbocycles. The van der Waals surface area contributed by atoms with Crippen LogP contribution in [0.25, 0.3) is 22.5 Å². The maximum absolute atomic E-state index is 13.7. The summed E-state index contributed by atoms with van der Waals surface area (Å²) in [6.45, 7) is 8.11. The summed E-state index contributed by atoms with van der Waals surface area (Å²) in [7, 11) is 0. The summed E-state index contributed by atoms with van der Waals surface area (Å²) < 4.78 is 4.10. The maximum Gasteiger partial charge on any atom is 0.328 e. The van der Waals surface area contributed by atoms with E-state index in [1.165, 1.54) is 37.8 Å². The van der Waals surface area contributed by atoms with Gasteiger partial charge in [-0.15, -0.1) is 10.2 Å². The molecule has 0 saturated heterocycles. The molecule has 0 aliphatic heterocycles. The number of aromatic amines is 1. The zero-order chi connectivity index (χ0) is 25.8. The molecule has 5 rings (SSSR count). The van der Waals surface area contributed by atoms with E-state index in [4.69, 9.17) is 0 Å². The minimum atomic E-state index is 0.147. The molecule has 7 heteroatoms. The van der Waals surface area contributed by atoms with Gasteiger partial charge in [-0.25, -0.2) is 4.79 Å². The Morgan fingerprint density at radius 1 is 0.973 bits per heavy atom. The van der Waals surface area contributed by atoms with Gasteiger partial charge < -0.3 is 0 Å². The van der Waals surface area contributed by atoms with Gasteiger partial charge in [-0.2, -0.15) is 5.21 Å². The Labute approximate surface area is 218 Å². The summed E-state index contributed by atoms with van der Waals surface area (Å²) in [5.41, 5.74) is 6.70. The first-order chi connectivity index (χ1) is 18.0. The highest BCUT2D eigenvalue weighted by Gasteiger charge is 2.21. The predicted octanol–water partition coefficient (Wildman–Crippen LogP) is 6.02. The first-order valence-electron chi connectivity index (χ1n) is 13.7. The molecule has 7 nitrogen and oxygen atoms in total. The minimum Gasteiger partial charge on any atom is -0.296 e. The van der Waals surface area contributed by atoms with Gasteiger partial charge in [-0.3, -0.25) is 9.13 Å². The second kappa shape index (κ2) is 11.3. The van der Waals surface area contributed by atoms with Gasteiger partial charge in [0.25, 0.3) is 0 Å². The Morgan fingerprint density at radius 3 is 2.38 bits per heavy atom. The topological polar surface area (TPSA) is 81.4 Å². The zero-order valence-corrected chi connectivity index (χ0v) is 22.3. The summed E-state index contributed by atoms with van der Waals surface area (Å²) in [6.07, 6.45) is 8.42. The molecule has 2 heterocycles. The standard InChI is InChI=1S/C30H38N6O/c1-21(2)13-18-28-22(3)35(19-23-9-5-4-6-10-23)30(37)36(28)20-24-14-16-25(17-15-24)26-11-7-8-12-27(26)29-31-33-34-32-29/h7-8,11-12,14-17,21,23H,4-6,9-10,13,18-20H2,1-3H3,(H,31,32,33,34). The van der Waals surface area contributed by atoms with Gasteiger partial charge in [0.15, 0.2) is 0 Å². The lowest BCUT2D eigenvalue weighted by atomic mass is 9.89.